The SMILES string of the molecule is NCCP(=O)=S=S. The smallest absolute Gasteiger partial charge is 0.166 e. The zero-order chi connectivity index (χ0) is 5.70. The lowest BCUT2D eigenvalue weighted by Gasteiger charge is -1.74. The van der Waals surface area contributed by atoms with Crippen LogP contribution < -0.4 is 5.73 Å². The van der Waals surface area contributed by atoms with E-state index >= 15 is 0 Å². The molecule has 0 saturated heterocycles. The Morgan fingerprint density at radius 2 is 2.43 bits per heavy atom. The van der Waals surface area contributed by atoms with Gasteiger partial charge in [-0.05, 0) is 20.7 Å². The summed E-state index contributed by atoms with van der Waals surface area (Å²) in [6, 6.07) is 0. The first-order chi connectivity index (χ1) is 3.31. The molecule has 0 spiro atoms. The Bertz CT molecular complexity index is 135. The normalized spacial score (nSPS) is 10.7. The fourth-order valence-electron chi connectivity index (χ4n) is 0.143. The summed E-state index contributed by atoms with van der Waals surface area (Å²) in [6.07, 6.45) is 0.545. The van der Waals surface area contributed by atoms with Crippen LogP contribution in [-0.2, 0) is 25.3 Å². The molecule has 42 valence electrons. The minimum Gasteiger partial charge on any atom is -0.330 e. The highest BCUT2D eigenvalue weighted by atomic mass is 32.9. The number of rotatable bonds is 2. The van der Waals surface area contributed by atoms with Crippen LogP contribution in [0.2, 0.25) is 0 Å². The minimum atomic E-state index is -1.22. The highest BCUT2D eigenvalue weighted by Crippen LogP contribution is 1.99. The van der Waals surface area contributed by atoms with Crippen molar-refractivity contribution in [3.05, 3.63) is 0 Å². The van der Waals surface area contributed by atoms with Crippen LogP contribution in [-0.4, -0.2) is 12.7 Å². The molecule has 0 aromatic carbocycles. The third-order valence-corrected chi connectivity index (χ3v) is 3.73. The second-order valence-corrected chi connectivity index (χ2v) is 5.19. The second kappa shape index (κ2) is 4.65. The summed E-state index contributed by atoms with van der Waals surface area (Å²) in [5, 5.41) is 0. The van der Waals surface area contributed by atoms with E-state index in [-0.39, 0.29) is 0 Å². The van der Waals surface area contributed by atoms with E-state index in [4.69, 9.17) is 5.73 Å². The number of hydrogen-bond donors (Lipinski definition) is 1. The monoisotopic (exact) mass is 155 g/mol. The van der Waals surface area contributed by atoms with Crippen molar-refractivity contribution in [3.8, 4) is 0 Å². The first-order valence-corrected chi connectivity index (χ1v) is 5.55. The Balaban J connectivity index is 3.61. The van der Waals surface area contributed by atoms with Gasteiger partial charge in [0.15, 0.2) is 6.58 Å². The van der Waals surface area contributed by atoms with Crippen molar-refractivity contribution in [2.45, 2.75) is 0 Å². The predicted molar refractivity (Wildman–Crippen MR) is 36.3 cm³/mol. The predicted octanol–water partition coefficient (Wildman–Crippen LogP) is 0.232. The summed E-state index contributed by atoms with van der Waals surface area (Å²) in [4.78, 5) is 0. The number of hydrogen-bond acceptors (Lipinski definition) is 3. The van der Waals surface area contributed by atoms with Gasteiger partial charge in [-0.2, -0.15) is 0 Å². The van der Waals surface area contributed by atoms with E-state index in [1.165, 1.54) is 0 Å². The van der Waals surface area contributed by atoms with Crippen molar-refractivity contribution in [2.75, 3.05) is 12.7 Å². The maximum atomic E-state index is 10.3. The van der Waals surface area contributed by atoms with Gasteiger partial charge in [0.25, 0.3) is 0 Å². The van der Waals surface area contributed by atoms with Crippen LogP contribution in [0.1, 0.15) is 0 Å². The summed E-state index contributed by atoms with van der Waals surface area (Å²) < 4.78 is 10.3. The molecule has 0 rings (SSSR count). The van der Waals surface area contributed by atoms with E-state index in [2.05, 4.69) is 11.2 Å². The van der Waals surface area contributed by atoms with Crippen molar-refractivity contribution in [1.82, 2.24) is 0 Å². The van der Waals surface area contributed by atoms with Crippen molar-refractivity contribution in [3.63, 3.8) is 0 Å². The highest BCUT2D eigenvalue weighted by molar-refractivity contribution is 8.32. The maximum absolute atomic E-state index is 10.3. The molecule has 7 heavy (non-hydrogen) atoms. The van der Waals surface area contributed by atoms with Crippen molar-refractivity contribution in [1.29, 1.82) is 0 Å². The summed E-state index contributed by atoms with van der Waals surface area (Å²) in [5.74, 6) is 0. The summed E-state index contributed by atoms with van der Waals surface area (Å²) in [7, 11) is 0.962. The molecule has 0 aliphatic carbocycles. The van der Waals surface area contributed by atoms with E-state index in [1.807, 2.05) is 0 Å². The van der Waals surface area contributed by atoms with Gasteiger partial charge in [-0.1, -0.05) is 0 Å². The molecule has 0 aromatic rings. The van der Waals surface area contributed by atoms with E-state index < -0.39 is 6.58 Å². The molecule has 0 aliphatic heterocycles. The average Bonchev–Trinajstić information content (AvgIpc) is 1.68. The van der Waals surface area contributed by atoms with Gasteiger partial charge in [-0.25, -0.2) is 0 Å². The molecule has 0 aromatic heterocycles. The van der Waals surface area contributed by atoms with E-state index in [9.17, 15) is 4.57 Å². The minimum absolute atomic E-state index is 0.471. The summed E-state index contributed by atoms with van der Waals surface area (Å²) in [6.45, 7) is -0.751. The Morgan fingerprint density at radius 1 is 1.86 bits per heavy atom. The molecule has 0 aliphatic rings. The van der Waals surface area contributed by atoms with Crippen LogP contribution in [0.5, 0.6) is 0 Å². The third kappa shape index (κ3) is 4.35. The Morgan fingerprint density at radius 3 is 2.57 bits per heavy atom. The van der Waals surface area contributed by atoms with Crippen LogP contribution in [0.3, 0.4) is 0 Å². The molecule has 0 bridgehead atoms. The van der Waals surface area contributed by atoms with Crippen molar-refractivity contribution < 1.29 is 4.57 Å². The maximum Gasteiger partial charge on any atom is 0.166 e. The molecule has 5 heteroatoms. The van der Waals surface area contributed by atoms with Crippen molar-refractivity contribution in [2.24, 2.45) is 5.73 Å². The topological polar surface area (TPSA) is 43.1 Å². The molecule has 1 unspecified atom stereocenters. The molecule has 0 saturated carbocycles. The molecular formula is C2H6NOPS2. The molecule has 1 atom stereocenters. The van der Waals surface area contributed by atoms with E-state index in [0.29, 0.717) is 12.7 Å². The molecule has 0 amide bonds. The van der Waals surface area contributed by atoms with Gasteiger partial charge in [-0.3, -0.25) is 4.57 Å². The van der Waals surface area contributed by atoms with Gasteiger partial charge in [0.1, 0.15) is 0 Å². The van der Waals surface area contributed by atoms with Crippen molar-refractivity contribution >= 4 is 27.3 Å². The van der Waals surface area contributed by atoms with Gasteiger partial charge < -0.3 is 5.73 Å². The lowest BCUT2D eigenvalue weighted by Crippen LogP contribution is -1.98. The zero-order valence-electron chi connectivity index (χ0n) is 3.66. The number of nitrogens with two attached hydrogens (primary N) is 1. The second-order valence-electron chi connectivity index (χ2n) is 0.920. The van der Waals surface area contributed by atoms with Crippen LogP contribution in [0, 0.1) is 0 Å². The highest BCUT2D eigenvalue weighted by Gasteiger charge is 1.78. The summed E-state index contributed by atoms with van der Waals surface area (Å²) in [5.41, 5.74) is 5.06. The molecule has 2 nitrogen and oxygen atoms in total. The fraction of sp³-hybridized carbons (Fsp3) is 1.00. The van der Waals surface area contributed by atoms with Gasteiger partial charge in [0.2, 0.25) is 0 Å². The summed E-state index contributed by atoms with van der Waals surface area (Å²) >= 11 is 4.42. The molecular weight excluding hydrogens is 149 g/mol. The standard InChI is InChI=1S/C2H6NOPS2/c3-1-2-5(4)7-6/h1-3H2. The average molecular weight is 155 g/mol. The fourth-order valence-corrected chi connectivity index (χ4v) is 1.64. The van der Waals surface area contributed by atoms with E-state index in [1.54, 1.807) is 0 Å². The lowest BCUT2D eigenvalue weighted by molar-refractivity contribution is 0.597. The van der Waals surface area contributed by atoms with Gasteiger partial charge >= 0.3 is 0 Å². The molecule has 0 radical (unpaired) electrons. The molecule has 0 heterocycles. The first kappa shape index (κ1) is 7.50. The first-order valence-electron chi connectivity index (χ1n) is 1.76. The Kier molecular flexibility index (Phi) is 4.99. The van der Waals surface area contributed by atoms with Crippen LogP contribution in [0.25, 0.3) is 0 Å². The Labute approximate surface area is 50.8 Å². The van der Waals surface area contributed by atoms with E-state index in [0.717, 1.165) is 9.50 Å². The molecule has 2 N–H and O–H groups in total. The third-order valence-electron chi connectivity index (χ3n) is 0.395. The molecule has 0 fully saturated rings. The van der Waals surface area contributed by atoms with Crippen LogP contribution in [0.15, 0.2) is 0 Å². The van der Waals surface area contributed by atoms with Gasteiger partial charge in [-0.15, -0.1) is 0 Å². The Hall–Kier alpha value is 0.500. The quantitative estimate of drug-likeness (QED) is 0.580. The van der Waals surface area contributed by atoms with Gasteiger partial charge in [0, 0.05) is 12.7 Å². The zero-order valence-corrected chi connectivity index (χ0v) is 6.19. The lowest BCUT2D eigenvalue weighted by atomic mass is 10.8. The largest absolute Gasteiger partial charge is 0.330 e. The van der Waals surface area contributed by atoms with Crippen LogP contribution in [0.4, 0.5) is 0 Å². The van der Waals surface area contributed by atoms with Gasteiger partial charge in [0.05, 0.1) is 0 Å². The van der Waals surface area contributed by atoms with Crippen LogP contribution >= 0.6 is 6.58 Å².